The molecule has 0 spiro atoms. The van der Waals surface area contributed by atoms with Crippen molar-refractivity contribution in [1.82, 2.24) is 5.32 Å². The van der Waals surface area contributed by atoms with Gasteiger partial charge < -0.3 is 5.32 Å². The van der Waals surface area contributed by atoms with Crippen LogP contribution in [0.4, 0.5) is 0 Å². The zero-order valence-electron chi connectivity index (χ0n) is 11.0. The van der Waals surface area contributed by atoms with Gasteiger partial charge in [-0.05, 0) is 5.92 Å². The summed E-state index contributed by atoms with van der Waals surface area (Å²) in [6.45, 7) is 4.14. The Balaban J connectivity index is 4.38. The van der Waals surface area contributed by atoms with Crippen molar-refractivity contribution >= 4 is 11.7 Å². The molecule has 0 fully saturated rings. The number of carbonyl (C=O) groups is 2. The second kappa shape index (κ2) is 8.74. The fourth-order valence-electron chi connectivity index (χ4n) is 1.77. The van der Waals surface area contributed by atoms with E-state index in [1.807, 2.05) is 6.92 Å². The number of nitrogens with zero attached hydrogens (tertiary/aromatic N) is 1. The van der Waals surface area contributed by atoms with Crippen molar-refractivity contribution in [3.05, 3.63) is 0 Å². The third-order valence-corrected chi connectivity index (χ3v) is 2.99. The maximum Gasteiger partial charge on any atom is 0.244 e. The Bertz CT molecular complexity index is 294. The van der Waals surface area contributed by atoms with Crippen LogP contribution in [0.5, 0.6) is 0 Å². The van der Waals surface area contributed by atoms with Crippen molar-refractivity contribution in [2.75, 3.05) is 7.05 Å². The Morgan fingerprint density at radius 3 is 2.41 bits per heavy atom. The fourth-order valence-corrected chi connectivity index (χ4v) is 1.77. The summed E-state index contributed by atoms with van der Waals surface area (Å²) in [7, 11) is 1.44. The highest BCUT2D eigenvalue weighted by Crippen LogP contribution is 2.19. The van der Waals surface area contributed by atoms with Crippen LogP contribution in [0.2, 0.25) is 0 Å². The van der Waals surface area contributed by atoms with Gasteiger partial charge in [0.05, 0.1) is 6.07 Å². The number of carbonyl (C=O) groups excluding carboxylic acids is 2. The Morgan fingerprint density at radius 2 is 2.00 bits per heavy atom. The number of nitrogens with one attached hydrogen (secondary N) is 1. The molecule has 4 heteroatoms. The van der Waals surface area contributed by atoms with E-state index in [1.54, 1.807) is 6.07 Å². The van der Waals surface area contributed by atoms with Gasteiger partial charge in [0.2, 0.25) is 5.91 Å². The van der Waals surface area contributed by atoms with Crippen LogP contribution in [0.25, 0.3) is 0 Å². The molecular weight excluding hydrogens is 216 g/mol. The van der Waals surface area contributed by atoms with Crippen LogP contribution in [0.15, 0.2) is 0 Å². The molecule has 4 nitrogen and oxygen atoms in total. The van der Waals surface area contributed by atoms with Gasteiger partial charge in [0.1, 0.15) is 0 Å². The molecular formula is C13H22N2O2. The van der Waals surface area contributed by atoms with Gasteiger partial charge >= 0.3 is 0 Å². The van der Waals surface area contributed by atoms with Crippen LogP contribution in [-0.2, 0) is 9.59 Å². The van der Waals surface area contributed by atoms with Gasteiger partial charge in [-0.1, -0.05) is 39.5 Å². The van der Waals surface area contributed by atoms with Crippen LogP contribution >= 0.6 is 0 Å². The predicted molar refractivity (Wildman–Crippen MR) is 66.1 cm³/mol. The van der Waals surface area contributed by atoms with Gasteiger partial charge in [0, 0.05) is 13.5 Å². The Hall–Kier alpha value is -1.37. The molecule has 0 bridgehead atoms. The van der Waals surface area contributed by atoms with Crippen molar-refractivity contribution in [2.45, 2.75) is 46.0 Å². The lowest BCUT2D eigenvalue weighted by molar-refractivity contribution is -0.131. The first-order valence-electron chi connectivity index (χ1n) is 6.24. The van der Waals surface area contributed by atoms with Crippen LogP contribution in [0.1, 0.15) is 46.0 Å². The molecule has 0 aliphatic rings. The zero-order valence-corrected chi connectivity index (χ0v) is 11.0. The van der Waals surface area contributed by atoms with Crippen molar-refractivity contribution < 1.29 is 9.59 Å². The van der Waals surface area contributed by atoms with Crippen LogP contribution in [0.3, 0.4) is 0 Å². The summed E-state index contributed by atoms with van der Waals surface area (Å²) >= 11 is 0. The SMILES string of the molecule is CCCC[C@@H](CC)CC(=O)[C@H](C#N)C(=O)NC. The second-order valence-electron chi connectivity index (χ2n) is 4.26. The number of unbranched alkanes of at least 4 members (excludes halogenated alkanes) is 1. The normalized spacial score (nSPS) is 13.5. The maximum atomic E-state index is 11.8. The summed E-state index contributed by atoms with van der Waals surface area (Å²) in [5.74, 6) is -1.60. The topological polar surface area (TPSA) is 70.0 Å². The molecule has 96 valence electrons. The minimum absolute atomic E-state index is 0.255. The Labute approximate surface area is 103 Å². The quantitative estimate of drug-likeness (QED) is 0.658. The number of amides is 1. The highest BCUT2D eigenvalue weighted by molar-refractivity contribution is 6.03. The number of Topliss-reactive ketones (excluding diaryl/α,β-unsaturated/α-hetero) is 1. The molecule has 0 aromatic carbocycles. The summed E-state index contributed by atoms with van der Waals surface area (Å²) in [4.78, 5) is 23.1. The lowest BCUT2D eigenvalue weighted by Crippen LogP contribution is -2.32. The van der Waals surface area contributed by atoms with Crippen LogP contribution < -0.4 is 5.32 Å². The molecule has 0 saturated heterocycles. The van der Waals surface area contributed by atoms with E-state index in [0.29, 0.717) is 12.3 Å². The van der Waals surface area contributed by atoms with Crippen molar-refractivity contribution in [3.63, 3.8) is 0 Å². The number of hydrogen-bond acceptors (Lipinski definition) is 3. The van der Waals surface area contributed by atoms with Crippen LogP contribution in [-0.4, -0.2) is 18.7 Å². The minimum atomic E-state index is -1.14. The molecule has 1 amide bonds. The third kappa shape index (κ3) is 5.48. The molecule has 0 unspecified atom stereocenters. The van der Waals surface area contributed by atoms with Crippen molar-refractivity contribution in [1.29, 1.82) is 5.26 Å². The van der Waals surface area contributed by atoms with Gasteiger partial charge in [-0.3, -0.25) is 9.59 Å². The first-order chi connectivity index (χ1) is 8.10. The monoisotopic (exact) mass is 238 g/mol. The molecule has 0 aromatic heterocycles. The standard InChI is InChI=1S/C13H22N2O2/c1-4-6-7-10(5-2)8-12(16)11(9-14)13(17)15-3/h10-11H,4-8H2,1-3H3,(H,15,17)/t10-,11+/m1/s1. The molecule has 0 radical (unpaired) electrons. The number of hydrogen-bond donors (Lipinski definition) is 1. The number of rotatable bonds is 8. The zero-order chi connectivity index (χ0) is 13.3. The summed E-state index contributed by atoms with van der Waals surface area (Å²) in [5.41, 5.74) is 0. The molecule has 0 aromatic rings. The Kier molecular flexibility index (Phi) is 8.04. The van der Waals surface area contributed by atoms with Gasteiger partial charge in [-0.25, -0.2) is 0 Å². The van der Waals surface area contributed by atoms with Gasteiger partial charge in [-0.15, -0.1) is 0 Å². The van der Waals surface area contributed by atoms with E-state index in [9.17, 15) is 9.59 Å². The van der Waals surface area contributed by atoms with Crippen LogP contribution in [0, 0.1) is 23.2 Å². The minimum Gasteiger partial charge on any atom is -0.358 e. The molecule has 0 aliphatic heterocycles. The average Bonchev–Trinajstić information content (AvgIpc) is 2.34. The molecule has 17 heavy (non-hydrogen) atoms. The first kappa shape index (κ1) is 15.6. The molecule has 0 saturated carbocycles. The highest BCUT2D eigenvalue weighted by atomic mass is 16.2. The summed E-state index contributed by atoms with van der Waals surface area (Å²) in [6, 6.07) is 1.78. The summed E-state index contributed by atoms with van der Waals surface area (Å²) in [5, 5.41) is 11.2. The first-order valence-corrected chi connectivity index (χ1v) is 6.24. The predicted octanol–water partition coefficient (Wildman–Crippen LogP) is 2.05. The Morgan fingerprint density at radius 1 is 1.35 bits per heavy atom. The number of ketones is 1. The van der Waals surface area contributed by atoms with Gasteiger partial charge in [-0.2, -0.15) is 5.26 Å². The van der Waals surface area contributed by atoms with Crippen molar-refractivity contribution in [3.8, 4) is 6.07 Å². The molecule has 0 aliphatic carbocycles. The largest absolute Gasteiger partial charge is 0.358 e. The van der Waals surface area contributed by atoms with E-state index < -0.39 is 11.8 Å². The van der Waals surface area contributed by atoms with Gasteiger partial charge in [0.25, 0.3) is 0 Å². The lowest BCUT2D eigenvalue weighted by Gasteiger charge is -2.14. The van der Waals surface area contributed by atoms with E-state index in [4.69, 9.17) is 5.26 Å². The third-order valence-electron chi connectivity index (χ3n) is 2.99. The number of nitriles is 1. The second-order valence-corrected chi connectivity index (χ2v) is 4.26. The van der Waals surface area contributed by atoms with E-state index in [-0.39, 0.29) is 5.78 Å². The van der Waals surface area contributed by atoms with E-state index in [2.05, 4.69) is 12.2 Å². The highest BCUT2D eigenvalue weighted by Gasteiger charge is 2.26. The smallest absolute Gasteiger partial charge is 0.244 e. The van der Waals surface area contributed by atoms with Crippen molar-refractivity contribution in [2.24, 2.45) is 11.8 Å². The lowest BCUT2D eigenvalue weighted by atomic mass is 9.89. The molecule has 0 heterocycles. The molecule has 1 N–H and O–H groups in total. The maximum absolute atomic E-state index is 11.8. The summed E-state index contributed by atoms with van der Waals surface area (Å²) in [6.07, 6.45) is 4.43. The molecule has 2 atom stereocenters. The van der Waals surface area contributed by atoms with E-state index >= 15 is 0 Å². The van der Waals surface area contributed by atoms with Gasteiger partial charge in [0.15, 0.2) is 11.7 Å². The van der Waals surface area contributed by atoms with E-state index in [0.717, 1.165) is 25.7 Å². The average molecular weight is 238 g/mol. The fraction of sp³-hybridized carbons (Fsp3) is 0.769. The van der Waals surface area contributed by atoms with E-state index in [1.165, 1.54) is 7.05 Å². The molecule has 0 rings (SSSR count). The summed E-state index contributed by atoms with van der Waals surface area (Å²) < 4.78 is 0.